The van der Waals surface area contributed by atoms with Gasteiger partial charge in [-0.2, -0.15) is 18.4 Å². The molecule has 6 nitrogen and oxygen atoms in total. The molecular weight excluding hydrogens is 527 g/mol. The van der Waals surface area contributed by atoms with Crippen LogP contribution in [0.1, 0.15) is 41.3 Å². The van der Waals surface area contributed by atoms with Crippen molar-refractivity contribution < 1.29 is 27.4 Å². The SMILES string of the molecule is CCCCOc1ccc(C=C(C#N)C(=O)Nc2ncc(Cc3cc(C(F)(F)F)ccc3Cl)s2)cc1OC. The van der Waals surface area contributed by atoms with Crippen LogP contribution in [0.25, 0.3) is 6.08 Å². The molecular formula is C26H23ClF3N3O3S. The van der Waals surface area contributed by atoms with Crippen molar-refractivity contribution >= 4 is 40.1 Å². The molecule has 0 atom stereocenters. The van der Waals surface area contributed by atoms with Gasteiger partial charge in [0.2, 0.25) is 0 Å². The van der Waals surface area contributed by atoms with Gasteiger partial charge in [0.25, 0.3) is 5.91 Å². The summed E-state index contributed by atoms with van der Waals surface area (Å²) in [5.74, 6) is 0.357. The molecule has 3 aromatic rings. The van der Waals surface area contributed by atoms with Gasteiger partial charge in [-0.3, -0.25) is 10.1 Å². The van der Waals surface area contributed by atoms with Gasteiger partial charge in [0.05, 0.1) is 19.3 Å². The fourth-order valence-corrected chi connectivity index (χ4v) is 4.24. The lowest BCUT2D eigenvalue weighted by Gasteiger charge is -2.11. The summed E-state index contributed by atoms with van der Waals surface area (Å²) in [5.41, 5.74) is -0.123. The first-order valence-corrected chi connectivity index (χ1v) is 12.4. The Labute approximate surface area is 221 Å². The van der Waals surface area contributed by atoms with E-state index in [1.807, 2.05) is 6.07 Å². The molecule has 0 aliphatic heterocycles. The number of ether oxygens (including phenoxy) is 2. The number of carbonyl (C=O) groups excluding carboxylic acids is 1. The molecule has 0 unspecified atom stereocenters. The van der Waals surface area contributed by atoms with E-state index in [1.54, 1.807) is 18.2 Å². The second kappa shape index (κ2) is 12.6. The number of rotatable bonds is 10. The van der Waals surface area contributed by atoms with Crippen LogP contribution in [-0.2, 0) is 17.4 Å². The maximum Gasteiger partial charge on any atom is 0.416 e. The predicted octanol–water partition coefficient (Wildman–Crippen LogP) is 7.14. The predicted molar refractivity (Wildman–Crippen MR) is 137 cm³/mol. The molecule has 1 N–H and O–H groups in total. The van der Waals surface area contributed by atoms with Crippen molar-refractivity contribution in [3.63, 3.8) is 0 Å². The van der Waals surface area contributed by atoms with Crippen molar-refractivity contribution in [2.75, 3.05) is 19.0 Å². The van der Waals surface area contributed by atoms with E-state index in [0.717, 1.165) is 36.3 Å². The van der Waals surface area contributed by atoms with E-state index in [4.69, 9.17) is 21.1 Å². The highest BCUT2D eigenvalue weighted by Gasteiger charge is 2.31. The van der Waals surface area contributed by atoms with E-state index < -0.39 is 17.6 Å². The molecule has 0 fully saturated rings. The number of nitrogens with zero attached hydrogens (tertiary/aromatic N) is 2. The van der Waals surface area contributed by atoms with E-state index in [1.165, 1.54) is 25.4 Å². The largest absolute Gasteiger partial charge is 0.493 e. The van der Waals surface area contributed by atoms with Crippen LogP contribution in [0.5, 0.6) is 11.5 Å². The fraction of sp³-hybridized carbons (Fsp3) is 0.269. The Kier molecular flexibility index (Phi) is 9.55. The molecule has 0 bridgehead atoms. The Morgan fingerprint density at radius 1 is 1.24 bits per heavy atom. The summed E-state index contributed by atoms with van der Waals surface area (Å²) in [6.07, 6.45) is 0.347. The summed E-state index contributed by atoms with van der Waals surface area (Å²) in [5, 5.41) is 12.5. The van der Waals surface area contributed by atoms with E-state index in [0.29, 0.717) is 28.5 Å². The molecule has 0 radical (unpaired) electrons. The highest BCUT2D eigenvalue weighted by Crippen LogP contribution is 2.33. The summed E-state index contributed by atoms with van der Waals surface area (Å²) in [4.78, 5) is 17.4. The van der Waals surface area contributed by atoms with Crippen molar-refractivity contribution in [1.82, 2.24) is 4.98 Å². The van der Waals surface area contributed by atoms with E-state index >= 15 is 0 Å². The summed E-state index contributed by atoms with van der Waals surface area (Å²) >= 11 is 7.15. The number of hydrogen-bond acceptors (Lipinski definition) is 6. The zero-order chi connectivity index (χ0) is 27.0. The Balaban J connectivity index is 1.72. The lowest BCUT2D eigenvalue weighted by Crippen LogP contribution is -2.13. The van der Waals surface area contributed by atoms with Crippen LogP contribution in [0.2, 0.25) is 5.02 Å². The van der Waals surface area contributed by atoms with Crippen LogP contribution in [0.3, 0.4) is 0 Å². The van der Waals surface area contributed by atoms with Crippen LogP contribution in [0, 0.1) is 11.3 Å². The standard InChI is InChI=1S/C26H23ClF3N3O3S/c1-3-4-9-36-22-8-5-16(11-23(22)35-2)10-18(14-31)24(34)33-25-32-15-20(37-25)13-17-12-19(26(28,29)30)6-7-21(17)27/h5-8,10-12,15H,3-4,9,13H2,1-2H3,(H,32,33,34). The van der Waals surface area contributed by atoms with E-state index in [9.17, 15) is 23.2 Å². The number of unbranched alkanes of at least 4 members (excludes halogenated alkanes) is 1. The van der Waals surface area contributed by atoms with Gasteiger partial charge in [-0.15, -0.1) is 11.3 Å². The monoisotopic (exact) mass is 549 g/mol. The first-order chi connectivity index (χ1) is 17.6. The molecule has 1 amide bonds. The zero-order valence-electron chi connectivity index (χ0n) is 20.0. The number of anilines is 1. The minimum absolute atomic E-state index is 0.101. The number of halogens is 4. The number of nitriles is 1. The van der Waals surface area contributed by atoms with Gasteiger partial charge >= 0.3 is 6.18 Å². The molecule has 0 saturated carbocycles. The number of nitrogens with one attached hydrogen (secondary N) is 1. The molecule has 3 rings (SSSR count). The first kappa shape index (κ1) is 28.0. The quantitative estimate of drug-likeness (QED) is 0.165. The number of hydrogen-bond donors (Lipinski definition) is 1. The van der Waals surface area contributed by atoms with Gasteiger partial charge in [-0.05, 0) is 54.0 Å². The van der Waals surface area contributed by atoms with Gasteiger partial charge in [0, 0.05) is 22.5 Å². The maximum atomic E-state index is 13.0. The zero-order valence-corrected chi connectivity index (χ0v) is 21.6. The molecule has 0 spiro atoms. The molecule has 0 aliphatic carbocycles. The number of carbonyl (C=O) groups is 1. The van der Waals surface area contributed by atoms with Gasteiger partial charge in [-0.1, -0.05) is 31.0 Å². The minimum Gasteiger partial charge on any atom is -0.493 e. The smallest absolute Gasteiger partial charge is 0.416 e. The second-order valence-corrected chi connectivity index (χ2v) is 9.37. The van der Waals surface area contributed by atoms with Gasteiger partial charge in [0.1, 0.15) is 11.6 Å². The third-order valence-electron chi connectivity index (χ3n) is 5.13. The molecule has 2 aromatic carbocycles. The molecule has 1 aromatic heterocycles. The minimum atomic E-state index is -4.49. The third kappa shape index (κ3) is 7.71. The molecule has 194 valence electrons. The molecule has 1 heterocycles. The highest BCUT2D eigenvalue weighted by molar-refractivity contribution is 7.15. The Morgan fingerprint density at radius 2 is 2.03 bits per heavy atom. The number of thiazole rings is 1. The summed E-state index contributed by atoms with van der Waals surface area (Å²) < 4.78 is 50.1. The number of aromatic nitrogens is 1. The van der Waals surface area contributed by atoms with Crippen molar-refractivity contribution in [3.8, 4) is 17.6 Å². The maximum absolute atomic E-state index is 13.0. The highest BCUT2D eigenvalue weighted by atomic mass is 35.5. The van der Waals surface area contributed by atoms with Crippen LogP contribution >= 0.6 is 22.9 Å². The summed E-state index contributed by atoms with van der Waals surface area (Å²) in [7, 11) is 1.50. The number of alkyl halides is 3. The number of benzene rings is 2. The average Bonchev–Trinajstić information content (AvgIpc) is 3.30. The number of methoxy groups -OCH3 is 1. The van der Waals surface area contributed by atoms with Crippen LogP contribution in [-0.4, -0.2) is 24.6 Å². The van der Waals surface area contributed by atoms with Gasteiger partial charge in [0.15, 0.2) is 16.6 Å². The Morgan fingerprint density at radius 3 is 2.70 bits per heavy atom. The van der Waals surface area contributed by atoms with Gasteiger partial charge < -0.3 is 9.47 Å². The molecule has 37 heavy (non-hydrogen) atoms. The fourth-order valence-electron chi connectivity index (χ4n) is 3.22. The normalized spacial score (nSPS) is 11.6. The van der Waals surface area contributed by atoms with Crippen LogP contribution in [0.4, 0.5) is 18.3 Å². The van der Waals surface area contributed by atoms with Crippen molar-refractivity contribution in [1.29, 1.82) is 5.26 Å². The lowest BCUT2D eigenvalue weighted by atomic mass is 10.1. The molecule has 0 aliphatic rings. The first-order valence-electron chi connectivity index (χ1n) is 11.2. The Hall–Kier alpha value is -3.55. The van der Waals surface area contributed by atoms with E-state index in [-0.39, 0.29) is 27.7 Å². The summed E-state index contributed by atoms with van der Waals surface area (Å²) in [6, 6.07) is 10.0. The molecule has 11 heteroatoms. The molecule has 0 saturated heterocycles. The number of amides is 1. The van der Waals surface area contributed by atoms with Crippen molar-refractivity contribution in [2.45, 2.75) is 32.4 Å². The van der Waals surface area contributed by atoms with Gasteiger partial charge in [-0.25, -0.2) is 4.98 Å². The summed E-state index contributed by atoms with van der Waals surface area (Å²) in [6.45, 7) is 2.60. The average molecular weight is 550 g/mol. The third-order valence-corrected chi connectivity index (χ3v) is 6.41. The van der Waals surface area contributed by atoms with Crippen LogP contribution < -0.4 is 14.8 Å². The van der Waals surface area contributed by atoms with Crippen LogP contribution in [0.15, 0.2) is 48.2 Å². The Bertz CT molecular complexity index is 1330. The lowest BCUT2D eigenvalue weighted by molar-refractivity contribution is -0.137. The van der Waals surface area contributed by atoms with Crippen molar-refractivity contribution in [2.24, 2.45) is 0 Å². The topological polar surface area (TPSA) is 84.2 Å². The van der Waals surface area contributed by atoms with Crippen molar-refractivity contribution in [3.05, 3.63) is 74.8 Å². The van der Waals surface area contributed by atoms with E-state index in [2.05, 4.69) is 17.2 Å². The second-order valence-electron chi connectivity index (χ2n) is 7.85.